The minimum Gasteiger partial charge on any atom is -0.399 e. The molecule has 0 saturated heterocycles. The van der Waals surface area contributed by atoms with Crippen LogP contribution in [0.3, 0.4) is 0 Å². The number of benzene rings is 2. The highest BCUT2D eigenvalue weighted by atomic mass is 35.5. The number of halogens is 2. The molecule has 1 amide bonds. The number of hydrogen-bond donors (Lipinski definition) is 2. The van der Waals surface area contributed by atoms with Crippen molar-refractivity contribution in [3.63, 3.8) is 0 Å². The van der Waals surface area contributed by atoms with Crippen molar-refractivity contribution >= 4 is 36.4 Å². The highest BCUT2D eigenvalue weighted by Gasteiger charge is 2.17. The van der Waals surface area contributed by atoms with Gasteiger partial charge in [0.25, 0.3) is 5.91 Å². The number of hydrogen-bond acceptors (Lipinski definition) is 3. The van der Waals surface area contributed by atoms with Crippen LogP contribution in [0.5, 0.6) is 0 Å². The van der Waals surface area contributed by atoms with Crippen molar-refractivity contribution in [2.45, 2.75) is 13.0 Å². The van der Waals surface area contributed by atoms with Crippen molar-refractivity contribution in [3.8, 4) is 0 Å². The molecule has 2 aromatic carbocycles. The summed E-state index contributed by atoms with van der Waals surface area (Å²) in [6.07, 6.45) is 0. The van der Waals surface area contributed by atoms with E-state index in [0.717, 1.165) is 17.7 Å². The van der Waals surface area contributed by atoms with E-state index in [0.29, 0.717) is 11.3 Å². The van der Waals surface area contributed by atoms with E-state index in [1.807, 2.05) is 57.4 Å². The second-order valence-corrected chi connectivity index (χ2v) is 5.77. The highest BCUT2D eigenvalue weighted by molar-refractivity contribution is 5.96. The number of aryl methyl sites for hydroxylation is 1. The predicted octanol–water partition coefficient (Wildman–Crippen LogP) is 3.45. The molecule has 0 aliphatic heterocycles. The molecule has 0 radical (unpaired) electrons. The zero-order chi connectivity index (χ0) is 16.1. The molecule has 6 heteroatoms. The number of likely N-dealkylation sites (N-methyl/N-ethyl adjacent to an activating group) is 1. The largest absolute Gasteiger partial charge is 0.399 e. The number of amides is 1. The van der Waals surface area contributed by atoms with Crippen LogP contribution in [-0.4, -0.2) is 31.4 Å². The smallest absolute Gasteiger partial charge is 0.252 e. The van der Waals surface area contributed by atoms with Gasteiger partial charge in [-0.05, 0) is 44.3 Å². The number of nitrogen functional groups attached to an aromatic ring is 1. The maximum Gasteiger partial charge on any atom is 0.252 e. The summed E-state index contributed by atoms with van der Waals surface area (Å²) in [6.45, 7) is 2.65. The van der Waals surface area contributed by atoms with Crippen molar-refractivity contribution in [2.24, 2.45) is 0 Å². The first-order valence-electron chi connectivity index (χ1n) is 7.34. The first-order chi connectivity index (χ1) is 10.5. The summed E-state index contributed by atoms with van der Waals surface area (Å²) in [5.74, 6) is -0.0968. The average molecular weight is 370 g/mol. The van der Waals surface area contributed by atoms with E-state index in [1.165, 1.54) is 0 Å². The van der Waals surface area contributed by atoms with E-state index in [4.69, 9.17) is 5.73 Å². The molecule has 2 aromatic rings. The van der Waals surface area contributed by atoms with Gasteiger partial charge in [-0.25, -0.2) is 0 Å². The second-order valence-electron chi connectivity index (χ2n) is 5.77. The standard InChI is InChI=1S/C18H23N3O.2ClH/c1-13-9-10-15(19)11-16(13)18(22)20-17(12-21(2)3)14-7-5-4-6-8-14;;/h4-11,17H,12,19H2,1-3H3,(H,20,22);2*1H. The van der Waals surface area contributed by atoms with Crippen LogP contribution < -0.4 is 11.1 Å². The van der Waals surface area contributed by atoms with E-state index >= 15 is 0 Å². The Morgan fingerprint density at radius 2 is 1.75 bits per heavy atom. The van der Waals surface area contributed by atoms with Gasteiger partial charge in [0.2, 0.25) is 0 Å². The lowest BCUT2D eigenvalue weighted by molar-refractivity contribution is 0.0929. The molecule has 1 atom stereocenters. The summed E-state index contributed by atoms with van der Waals surface area (Å²) in [7, 11) is 3.99. The van der Waals surface area contributed by atoms with Crippen LogP contribution in [0, 0.1) is 6.92 Å². The summed E-state index contributed by atoms with van der Waals surface area (Å²) >= 11 is 0. The predicted molar refractivity (Wildman–Crippen MR) is 105 cm³/mol. The van der Waals surface area contributed by atoms with E-state index in [-0.39, 0.29) is 36.8 Å². The van der Waals surface area contributed by atoms with Gasteiger partial charge < -0.3 is 16.0 Å². The van der Waals surface area contributed by atoms with Crippen molar-refractivity contribution < 1.29 is 4.79 Å². The molecule has 0 heterocycles. The third-order valence-corrected chi connectivity index (χ3v) is 3.56. The summed E-state index contributed by atoms with van der Waals surface area (Å²) in [5.41, 5.74) is 9.03. The molecule has 0 aromatic heterocycles. The highest BCUT2D eigenvalue weighted by Crippen LogP contribution is 2.17. The molecular weight excluding hydrogens is 345 g/mol. The molecule has 0 saturated carbocycles. The molecule has 0 fully saturated rings. The van der Waals surface area contributed by atoms with Crippen molar-refractivity contribution in [2.75, 3.05) is 26.4 Å². The Labute approximate surface area is 156 Å². The van der Waals surface area contributed by atoms with Gasteiger partial charge in [-0.2, -0.15) is 0 Å². The van der Waals surface area contributed by atoms with Crippen LogP contribution in [0.15, 0.2) is 48.5 Å². The fourth-order valence-electron chi connectivity index (χ4n) is 2.41. The molecule has 3 N–H and O–H groups in total. The van der Waals surface area contributed by atoms with Crippen molar-refractivity contribution in [1.29, 1.82) is 0 Å². The molecule has 1 unspecified atom stereocenters. The molecule has 0 aliphatic rings. The Morgan fingerprint density at radius 3 is 2.33 bits per heavy atom. The molecule has 24 heavy (non-hydrogen) atoms. The summed E-state index contributed by atoms with van der Waals surface area (Å²) in [4.78, 5) is 14.7. The molecule has 0 bridgehead atoms. The van der Waals surface area contributed by atoms with Gasteiger partial charge in [0, 0.05) is 17.8 Å². The van der Waals surface area contributed by atoms with Crippen LogP contribution >= 0.6 is 24.8 Å². The lowest BCUT2D eigenvalue weighted by Crippen LogP contribution is -2.35. The summed E-state index contributed by atoms with van der Waals surface area (Å²) in [6, 6.07) is 15.3. The number of nitrogens with zero attached hydrogens (tertiary/aromatic N) is 1. The maximum absolute atomic E-state index is 12.6. The van der Waals surface area contributed by atoms with Crippen molar-refractivity contribution in [3.05, 3.63) is 65.2 Å². The van der Waals surface area contributed by atoms with E-state index < -0.39 is 0 Å². The molecule has 2 rings (SSSR count). The number of nitrogens with two attached hydrogens (primary N) is 1. The molecular formula is C18H25Cl2N3O. The topological polar surface area (TPSA) is 58.4 Å². The van der Waals surface area contributed by atoms with Crippen LogP contribution in [0.25, 0.3) is 0 Å². The number of rotatable bonds is 5. The zero-order valence-corrected chi connectivity index (χ0v) is 15.8. The number of nitrogens with one attached hydrogen (secondary N) is 1. The van der Waals surface area contributed by atoms with E-state index in [2.05, 4.69) is 10.2 Å². The van der Waals surface area contributed by atoms with Crippen LogP contribution in [0.2, 0.25) is 0 Å². The van der Waals surface area contributed by atoms with Gasteiger partial charge in [0.05, 0.1) is 6.04 Å². The van der Waals surface area contributed by atoms with Gasteiger partial charge in [0.1, 0.15) is 0 Å². The summed E-state index contributed by atoms with van der Waals surface area (Å²) in [5, 5.41) is 3.11. The minimum atomic E-state index is -0.0968. The molecule has 132 valence electrons. The zero-order valence-electron chi connectivity index (χ0n) is 14.2. The average Bonchev–Trinajstić information content (AvgIpc) is 2.49. The molecule has 4 nitrogen and oxygen atoms in total. The number of anilines is 1. The third-order valence-electron chi connectivity index (χ3n) is 3.56. The van der Waals surface area contributed by atoms with Gasteiger partial charge in [-0.3, -0.25) is 4.79 Å². The normalized spacial score (nSPS) is 11.2. The fourth-order valence-corrected chi connectivity index (χ4v) is 2.41. The fraction of sp³-hybridized carbons (Fsp3) is 0.278. The van der Waals surface area contributed by atoms with Gasteiger partial charge in [-0.15, -0.1) is 24.8 Å². The minimum absolute atomic E-state index is 0. The van der Waals surface area contributed by atoms with Crippen LogP contribution in [0.1, 0.15) is 27.5 Å². The quantitative estimate of drug-likeness (QED) is 0.793. The second kappa shape index (κ2) is 10.2. The lowest BCUT2D eigenvalue weighted by atomic mass is 10.0. The van der Waals surface area contributed by atoms with Gasteiger partial charge >= 0.3 is 0 Å². The van der Waals surface area contributed by atoms with Gasteiger partial charge in [0.15, 0.2) is 0 Å². The van der Waals surface area contributed by atoms with Crippen LogP contribution in [0.4, 0.5) is 5.69 Å². The van der Waals surface area contributed by atoms with Crippen molar-refractivity contribution in [1.82, 2.24) is 10.2 Å². The molecule has 0 aliphatic carbocycles. The third kappa shape index (κ3) is 6.04. The first-order valence-corrected chi connectivity index (χ1v) is 7.34. The van der Waals surface area contributed by atoms with Gasteiger partial charge in [-0.1, -0.05) is 36.4 Å². The summed E-state index contributed by atoms with van der Waals surface area (Å²) < 4.78 is 0. The number of carbonyl (C=O) groups excluding carboxylic acids is 1. The SMILES string of the molecule is Cc1ccc(N)cc1C(=O)NC(CN(C)C)c1ccccc1.Cl.Cl. The van der Waals surface area contributed by atoms with E-state index in [9.17, 15) is 4.79 Å². The molecule has 0 spiro atoms. The Bertz CT molecular complexity index is 648. The Kier molecular flexibility index (Phi) is 9.44. The Balaban J connectivity index is 0.00000264. The first kappa shape index (κ1) is 22.2. The van der Waals surface area contributed by atoms with E-state index in [1.54, 1.807) is 12.1 Å². The maximum atomic E-state index is 12.6. The Morgan fingerprint density at radius 1 is 1.12 bits per heavy atom. The lowest BCUT2D eigenvalue weighted by Gasteiger charge is -2.23. The monoisotopic (exact) mass is 369 g/mol. The van der Waals surface area contributed by atoms with Crippen LogP contribution in [-0.2, 0) is 0 Å². The Hall–Kier alpha value is -1.75. The number of carbonyl (C=O) groups is 1.